The highest BCUT2D eigenvalue weighted by Gasteiger charge is 2.25. The fraction of sp³-hybridized carbons (Fsp3) is 0.417. The molecule has 0 spiro atoms. The molecule has 1 aromatic rings. The number of azo groups is 1. The average Bonchev–Trinajstić information content (AvgIpc) is 2.69. The number of rotatable bonds is 4. The number of likely N-dealkylation sites (N-methyl/N-ethyl adjacent to an activating group) is 1. The lowest BCUT2D eigenvalue weighted by molar-refractivity contribution is 0.215. The molecule has 1 unspecified atom stereocenters. The predicted octanol–water partition coefficient (Wildman–Crippen LogP) is 2.77. The van der Waals surface area contributed by atoms with Gasteiger partial charge < -0.3 is 9.64 Å². The van der Waals surface area contributed by atoms with Crippen molar-refractivity contribution in [2.75, 3.05) is 13.2 Å². The Bertz CT molecular complexity index is 430. The van der Waals surface area contributed by atoms with Crippen molar-refractivity contribution in [2.45, 2.75) is 20.0 Å². The van der Waals surface area contributed by atoms with Gasteiger partial charge in [0, 0.05) is 6.54 Å². The predicted molar refractivity (Wildman–Crippen MR) is 70.3 cm³/mol. The molecule has 17 heavy (non-hydrogen) atoms. The molecule has 0 saturated carbocycles. The summed E-state index contributed by atoms with van der Waals surface area (Å²) in [6.07, 6.45) is -0.0891. The van der Waals surface area contributed by atoms with Gasteiger partial charge in [0.2, 0.25) is 5.11 Å². The van der Waals surface area contributed by atoms with E-state index in [0.29, 0.717) is 11.7 Å². The number of aryl methyl sites for hydroxylation is 1. The average molecular weight is 249 g/mol. The zero-order valence-electron chi connectivity index (χ0n) is 9.96. The molecule has 1 aromatic carbocycles. The summed E-state index contributed by atoms with van der Waals surface area (Å²) in [5.74, 6) is 0.847. The van der Waals surface area contributed by atoms with E-state index in [0.717, 1.165) is 12.3 Å². The Balaban J connectivity index is 1.92. The maximum Gasteiger partial charge on any atom is 0.217 e. The molecule has 1 atom stereocenters. The maximum absolute atomic E-state index is 5.67. The summed E-state index contributed by atoms with van der Waals surface area (Å²) in [6.45, 7) is 5.35. The van der Waals surface area contributed by atoms with Gasteiger partial charge in [-0.15, -0.1) is 5.11 Å². The van der Waals surface area contributed by atoms with Crippen LogP contribution in [0.1, 0.15) is 12.5 Å². The van der Waals surface area contributed by atoms with Crippen LogP contribution in [0.3, 0.4) is 0 Å². The van der Waals surface area contributed by atoms with Crippen molar-refractivity contribution in [3.63, 3.8) is 0 Å². The standard InChI is InChI=1S/C12H15N3OS/c1-3-15-11(13-14-12(15)17)8-16-10-6-4-9(2)5-7-10/h4-7,11H,3,8H2,1-2H3. The van der Waals surface area contributed by atoms with Crippen molar-refractivity contribution in [1.82, 2.24) is 4.90 Å². The van der Waals surface area contributed by atoms with E-state index < -0.39 is 0 Å². The third-order valence-corrected chi connectivity index (χ3v) is 2.96. The van der Waals surface area contributed by atoms with Crippen molar-refractivity contribution in [3.05, 3.63) is 29.8 Å². The van der Waals surface area contributed by atoms with Crippen LogP contribution in [0.25, 0.3) is 0 Å². The van der Waals surface area contributed by atoms with Crippen molar-refractivity contribution in [1.29, 1.82) is 0 Å². The third-order valence-electron chi connectivity index (χ3n) is 2.64. The van der Waals surface area contributed by atoms with E-state index in [2.05, 4.69) is 10.2 Å². The molecule has 0 saturated heterocycles. The summed E-state index contributed by atoms with van der Waals surface area (Å²) < 4.78 is 5.67. The molecular weight excluding hydrogens is 234 g/mol. The van der Waals surface area contributed by atoms with E-state index in [1.54, 1.807) is 0 Å². The Hall–Kier alpha value is -1.49. The molecule has 5 heteroatoms. The lowest BCUT2D eigenvalue weighted by Crippen LogP contribution is -2.36. The highest BCUT2D eigenvalue weighted by molar-refractivity contribution is 7.80. The summed E-state index contributed by atoms with van der Waals surface area (Å²) in [5, 5.41) is 8.53. The summed E-state index contributed by atoms with van der Waals surface area (Å²) in [5.41, 5.74) is 1.22. The van der Waals surface area contributed by atoms with Gasteiger partial charge in [-0.3, -0.25) is 0 Å². The SMILES string of the molecule is CCN1C(=S)N=NC1COc1ccc(C)cc1. The molecule has 1 aliphatic heterocycles. The molecule has 0 bridgehead atoms. The Kier molecular flexibility index (Phi) is 3.68. The molecule has 4 nitrogen and oxygen atoms in total. The molecule has 1 aliphatic rings. The second kappa shape index (κ2) is 5.23. The molecule has 0 N–H and O–H groups in total. The zero-order valence-corrected chi connectivity index (χ0v) is 10.8. The zero-order chi connectivity index (χ0) is 12.3. The Labute approximate surface area is 106 Å². The van der Waals surface area contributed by atoms with Crippen LogP contribution in [0.5, 0.6) is 5.75 Å². The first-order valence-corrected chi connectivity index (χ1v) is 6.02. The Morgan fingerprint density at radius 3 is 2.71 bits per heavy atom. The van der Waals surface area contributed by atoms with Crippen LogP contribution in [0.15, 0.2) is 34.5 Å². The highest BCUT2D eigenvalue weighted by Crippen LogP contribution is 2.16. The van der Waals surface area contributed by atoms with E-state index >= 15 is 0 Å². The molecule has 1 heterocycles. The van der Waals surface area contributed by atoms with Gasteiger partial charge in [0.1, 0.15) is 12.4 Å². The summed E-state index contributed by atoms with van der Waals surface area (Å²) in [7, 11) is 0. The van der Waals surface area contributed by atoms with Gasteiger partial charge in [-0.2, -0.15) is 5.11 Å². The number of benzene rings is 1. The molecule has 0 amide bonds. The summed E-state index contributed by atoms with van der Waals surface area (Å²) in [4.78, 5) is 1.95. The molecular formula is C12H15N3OS. The van der Waals surface area contributed by atoms with Crippen molar-refractivity contribution in [3.8, 4) is 5.75 Å². The first-order chi connectivity index (χ1) is 8.20. The Morgan fingerprint density at radius 2 is 2.06 bits per heavy atom. The van der Waals surface area contributed by atoms with E-state index in [1.165, 1.54) is 5.56 Å². The van der Waals surface area contributed by atoms with Gasteiger partial charge in [0.15, 0.2) is 6.17 Å². The first-order valence-electron chi connectivity index (χ1n) is 5.61. The van der Waals surface area contributed by atoms with Gasteiger partial charge >= 0.3 is 0 Å². The van der Waals surface area contributed by atoms with Crippen LogP contribution in [-0.4, -0.2) is 29.3 Å². The molecule has 0 aromatic heterocycles. The number of hydrogen-bond donors (Lipinski definition) is 0. The van der Waals surface area contributed by atoms with E-state index in [-0.39, 0.29) is 6.17 Å². The van der Waals surface area contributed by atoms with Crippen molar-refractivity contribution < 1.29 is 4.74 Å². The minimum Gasteiger partial charge on any atom is -0.489 e. The number of ether oxygens (including phenoxy) is 1. The van der Waals surface area contributed by atoms with Gasteiger partial charge in [-0.05, 0) is 38.2 Å². The fourth-order valence-corrected chi connectivity index (χ4v) is 1.94. The monoisotopic (exact) mass is 249 g/mol. The van der Waals surface area contributed by atoms with Crippen LogP contribution in [-0.2, 0) is 0 Å². The second-order valence-electron chi connectivity index (χ2n) is 3.89. The van der Waals surface area contributed by atoms with Crippen LogP contribution in [0, 0.1) is 6.92 Å². The first kappa shape index (κ1) is 12.0. The normalized spacial score (nSPS) is 18.8. The topological polar surface area (TPSA) is 37.2 Å². The van der Waals surface area contributed by atoms with Gasteiger partial charge in [-0.1, -0.05) is 17.7 Å². The number of nitrogens with zero attached hydrogens (tertiary/aromatic N) is 3. The summed E-state index contributed by atoms with van der Waals surface area (Å²) in [6, 6.07) is 7.95. The molecule has 2 rings (SSSR count). The Morgan fingerprint density at radius 1 is 1.35 bits per heavy atom. The van der Waals surface area contributed by atoms with Crippen LogP contribution in [0.4, 0.5) is 0 Å². The van der Waals surface area contributed by atoms with Gasteiger partial charge in [-0.25, -0.2) is 0 Å². The minimum atomic E-state index is -0.0891. The van der Waals surface area contributed by atoms with Crippen molar-refractivity contribution in [2.24, 2.45) is 10.2 Å². The maximum atomic E-state index is 5.67. The largest absolute Gasteiger partial charge is 0.489 e. The third kappa shape index (κ3) is 2.79. The van der Waals surface area contributed by atoms with Crippen LogP contribution < -0.4 is 4.74 Å². The smallest absolute Gasteiger partial charge is 0.217 e. The molecule has 0 fully saturated rings. The molecule has 90 valence electrons. The van der Waals surface area contributed by atoms with Crippen LogP contribution in [0.2, 0.25) is 0 Å². The number of hydrogen-bond acceptors (Lipinski definition) is 3. The van der Waals surface area contributed by atoms with E-state index in [9.17, 15) is 0 Å². The molecule has 0 radical (unpaired) electrons. The second-order valence-corrected chi connectivity index (χ2v) is 4.25. The van der Waals surface area contributed by atoms with Gasteiger partial charge in [0.05, 0.1) is 0 Å². The minimum absolute atomic E-state index is 0.0891. The van der Waals surface area contributed by atoms with E-state index in [4.69, 9.17) is 17.0 Å². The molecule has 0 aliphatic carbocycles. The number of thiocarbonyl (C=S) groups is 1. The summed E-state index contributed by atoms with van der Waals surface area (Å²) >= 11 is 5.07. The van der Waals surface area contributed by atoms with E-state index in [1.807, 2.05) is 43.0 Å². The van der Waals surface area contributed by atoms with Crippen LogP contribution >= 0.6 is 12.2 Å². The van der Waals surface area contributed by atoms with Crippen molar-refractivity contribution >= 4 is 17.3 Å². The fourth-order valence-electron chi connectivity index (χ4n) is 1.64. The van der Waals surface area contributed by atoms with Gasteiger partial charge in [0.25, 0.3) is 0 Å². The highest BCUT2D eigenvalue weighted by atomic mass is 32.1. The quantitative estimate of drug-likeness (QED) is 0.770. The lowest BCUT2D eigenvalue weighted by Gasteiger charge is -2.21. The lowest BCUT2D eigenvalue weighted by atomic mass is 10.2.